The summed E-state index contributed by atoms with van der Waals surface area (Å²) >= 11 is 0. The van der Waals surface area contributed by atoms with E-state index in [1.54, 1.807) is 18.6 Å². The van der Waals surface area contributed by atoms with Crippen LogP contribution in [-0.2, 0) is 11.2 Å². The monoisotopic (exact) mass is 461 g/mol. The Hall–Kier alpha value is -2.77. The normalized spacial score (nSPS) is 22.2. The molecule has 178 valence electrons. The minimum absolute atomic E-state index is 0.146. The van der Waals surface area contributed by atoms with Crippen molar-refractivity contribution < 1.29 is 9.18 Å². The number of ketones is 1. The number of carbonyl (C=O) groups excluding carboxylic acids is 1. The van der Waals surface area contributed by atoms with Crippen molar-refractivity contribution in [3.63, 3.8) is 0 Å². The minimum Gasteiger partial charge on any atom is -0.304 e. The maximum absolute atomic E-state index is 13.6. The number of nitrogens with zero attached hydrogens (tertiary/aromatic N) is 5. The van der Waals surface area contributed by atoms with Crippen LogP contribution >= 0.6 is 0 Å². The van der Waals surface area contributed by atoms with Gasteiger partial charge >= 0.3 is 0 Å². The molecule has 3 aromatic rings. The first-order chi connectivity index (χ1) is 16.5. The molecule has 0 bridgehead atoms. The number of aromatic nitrogens is 3. The highest BCUT2D eigenvalue weighted by atomic mass is 19.1. The van der Waals surface area contributed by atoms with Crippen molar-refractivity contribution >= 4 is 16.6 Å². The van der Waals surface area contributed by atoms with Crippen LogP contribution in [0.15, 0.2) is 43.0 Å². The van der Waals surface area contributed by atoms with Gasteiger partial charge in [0.25, 0.3) is 0 Å². The molecule has 0 atom stereocenters. The van der Waals surface area contributed by atoms with E-state index in [-0.39, 0.29) is 5.92 Å². The molecule has 34 heavy (non-hydrogen) atoms. The number of piperazine rings is 1. The number of fused-ring (bicyclic) bond motifs is 1. The predicted octanol–water partition coefficient (Wildman–Crippen LogP) is 4.00. The summed E-state index contributed by atoms with van der Waals surface area (Å²) in [5.74, 6) is 0.772. The fraction of sp³-hybridized carbons (Fsp3) is 0.481. The van der Waals surface area contributed by atoms with Crippen LogP contribution in [0.2, 0.25) is 0 Å². The number of rotatable bonds is 6. The number of Topliss-reactive ketones (excluding diaryl/α,β-unsaturated/α-hetero) is 1. The lowest BCUT2D eigenvalue weighted by atomic mass is 9.79. The molecule has 0 amide bonds. The van der Waals surface area contributed by atoms with Crippen molar-refractivity contribution in [1.29, 1.82) is 0 Å². The number of pyridine rings is 3. The summed E-state index contributed by atoms with van der Waals surface area (Å²) in [7, 11) is 2.19. The van der Waals surface area contributed by atoms with Gasteiger partial charge in [-0.05, 0) is 62.2 Å². The van der Waals surface area contributed by atoms with E-state index < -0.39 is 5.82 Å². The van der Waals surface area contributed by atoms with E-state index in [2.05, 4.69) is 31.8 Å². The molecule has 4 heterocycles. The molecule has 2 aliphatic rings. The first-order valence-electron chi connectivity index (χ1n) is 12.3. The van der Waals surface area contributed by atoms with E-state index in [0.717, 1.165) is 74.2 Å². The van der Waals surface area contributed by atoms with E-state index in [1.807, 2.05) is 12.1 Å². The Morgan fingerprint density at radius 3 is 2.47 bits per heavy atom. The third-order valence-electron chi connectivity index (χ3n) is 7.43. The lowest BCUT2D eigenvalue weighted by Crippen LogP contribution is -2.46. The molecule has 6 nitrogen and oxygen atoms in total. The van der Waals surface area contributed by atoms with Gasteiger partial charge < -0.3 is 9.80 Å². The molecule has 2 fully saturated rings. The summed E-state index contributed by atoms with van der Waals surface area (Å²) in [5, 5.41) is 1.84. The highest BCUT2D eigenvalue weighted by Gasteiger charge is 2.28. The van der Waals surface area contributed by atoms with Crippen LogP contribution in [0.3, 0.4) is 0 Å². The SMILES string of the molecule is CN1CCN(CC2CCC(C(=O)Cc3cc4cc(-c5cncc(F)c5)ncc4cn3)CC2)CC1. The van der Waals surface area contributed by atoms with E-state index >= 15 is 0 Å². The third kappa shape index (κ3) is 5.47. The molecule has 0 radical (unpaired) electrons. The van der Waals surface area contributed by atoms with Crippen LogP contribution in [0.25, 0.3) is 22.0 Å². The number of carbonyl (C=O) groups is 1. The van der Waals surface area contributed by atoms with Gasteiger partial charge in [0.05, 0.1) is 11.9 Å². The van der Waals surface area contributed by atoms with Gasteiger partial charge in [0, 0.05) is 80.3 Å². The van der Waals surface area contributed by atoms with Crippen LogP contribution in [0.4, 0.5) is 4.39 Å². The van der Waals surface area contributed by atoms with E-state index in [0.29, 0.717) is 23.5 Å². The van der Waals surface area contributed by atoms with Gasteiger partial charge in [-0.15, -0.1) is 0 Å². The molecule has 0 spiro atoms. The van der Waals surface area contributed by atoms with Gasteiger partial charge in [-0.3, -0.25) is 19.7 Å². The van der Waals surface area contributed by atoms with Gasteiger partial charge in [0.2, 0.25) is 0 Å². The van der Waals surface area contributed by atoms with E-state index in [9.17, 15) is 9.18 Å². The predicted molar refractivity (Wildman–Crippen MR) is 131 cm³/mol. The lowest BCUT2D eigenvalue weighted by Gasteiger charge is -2.36. The number of halogens is 1. The summed E-state index contributed by atoms with van der Waals surface area (Å²) in [6.07, 6.45) is 10.9. The zero-order valence-corrected chi connectivity index (χ0v) is 19.8. The molecule has 0 unspecified atom stereocenters. The maximum atomic E-state index is 13.6. The Labute approximate surface area is 200 Å². The first-order valence-corrected chi connectivity index (χ1v) is 12.3. The molecular formula is C27H32FN5O. The summed E-state index contributed by atoms with van der Waals surface area (Å²) < 4.78 is 13.6. The van der Waals surface area contributed by atoms with Crippen LogP contribution in [-0.4, -0.2) is 70.3 Å². The Morgan fingerprint density at radius 2 is 1.71 bits per heavy atom. The van der Waals surface area contributed by atoms with Crippen molar-refractivity contribution in [1.82, 2.24) is 24.8 Å². The Kier molecular flexibility index (Phi) is 6.92. The second kappa shape index (κ2) is 10.2. The average molecular weight is 462 g/mol. The van der Waals surface area contributed by atoms with Gasteiger partial charge in [-0.2, -0.15) is 0 Å². The molecule has 5 rings (SSSR count). The van der Waals surface area contributed by atoms with Gasteiger partial charge in [0.15, 0.2) is 0 Å². The zero-order chi connectivity index (χ0) is 23.5. The minimum atomic E-state index is -0.390. The average Bonchev–Trinajstić information content (AvgIpc) is 2.85. The van der Waals surface area contributed by atoms with Crippen LogP contribution in [0.1, 0.15) is 31.4 Å². The molecule has 0 N–H and O–H groups in total. The van der Waals surface area contributed by atoms with E-state index in [1.165, 1.54) is 18.8 Å². The number of hydrogen-bond donors (Lipinski definition) is 0. The van der Waals surface area contributed by atoms with E-state index in [4.69, 9.17) is 0 Å². The van der Waals surface area contributed by atoms with Crippen LogP contribution < -0.4 is 0 Å². The van der Waals surface area contributed by atoms with Gasteiger partial charge in [-0.25, -0.2) is 4.39 Å². The summed E-state index contributed by atoms with van der Waals surface area (Å²) in [6.45, 7) is 5.82. The Bertz CT molecular complexity index is 1150. The highest BCUT2D eigenvalue weighted by molar-refractivity contribution is 5.87. The largest absolute Gasteiger partial charge is 0.304 e. The summed E-state index contributed by atoms with van der Waals surface area (Å²) in [4.78, 5) is 30.9. The third-order valence-corrected chi connectivity index (χ3v) is 7.43. The highest BCUT2D eigenvalue weighted by Crippen LogP contribution is 2.31. The fourth-order valence-electron chi connectivity index (χ4n) is 5.28. The number of hydrogen-bond acceptors (Lipinski definition) is 6. The second-order valence-electron chi connectivity index (χ2n) is 9.95. The Morgan fingerprint density at radius 1 is 0.941 bits per heavy atom. The van der Waals surface area contributed by atoms with Crippen molar-refractivity contribution in [2.75, 3.05) is 39.8 Å². The lowest BCUT2D eigenvalue weighted by molar-refractivity contribution is -0.123. The molecule has 1 saturated heterocycles. The maximum Gasteiger partial charge on any atom is 0.142 e. The number of likely N-dealkylation sites (N-methyl/N-ethyl adjacent to an activating group) is 1. The fourth-order valence-corrected chi connectivity index (χ4v) is 5.28. The first kappa shape index (κ1) is 23.0. The van der Waals surface area contributed by atoms with Crippen molar-refractivity contribution in [3.05, 3.63) is 54.5 Å². The quantitative estimate of drug-likeness (QED) is 0.553. The standard InChI is InChI=1S/C27H32FN5O/c1-32-6-8-33(9-7-32)18-19-2-4-20(5-3-19)27(34)13-25-11-21-12-26(31-16-23(21)15-30-25)22-10-24(28)17-29-14-22/h10-12,14-17,19-20H,2-9,13,18H2,1H3. The molecule has 3 aromatic heterocycles. The summed E-state index contributed by atoms with van der Waals surface area (Å²) in [6, 6.07) is 5.29. The van der Waals surface area contributed by atoms with Crippen LogP contribution in [0, 0.1) is 17.7 Å². The molecule has 1 aliphatic carbocycles. The molecule has 0 aromatic carbocycles. The molecule has 1 aliphatic heterocycles. The van der Waals surface area contributed by atoms with Crippen molar-refractivity contribution in [3.8, 4) is 11.3 Å². The second-order valence-corrected chi connectivity index (χ2v) is 9.95. The molecular weight excluding hydrogens is 429 g/mol. The summed E-state index contributed by atoms with van der Waals surface area (Å²) in [5.41, 5.74) is 2.07. The van der Waals surface area contributed by atoms with Gasteiger partial charge in [0.1, 0.15) is 11.6 Å². The molecule has 7 heteroatoms. The topological polar surface area (TPSA) is 62.2 Å². The van der Waals surface area contributed by atoms with Crippen molar-refractivity contribution in [2.24, 2.45) is 11.8 Å². The Balaban J connectivity index is 1.19. The zero-order valence-electron chi connectivity index (χ0n) is 19.8. The van der Waals surface area contributed by atoms with Crippen LogP contribution in [0.5, 0.6) is 0 Å². The smallest absolute Gasteiger partial charge is 0.142 e. The van der Waals surface area contributed by atoms with Gasteiger partial charge in [-0.1, -0.05) is 0 Å². The molecule has 1 saturated carbocycles. The van der Waals surface area contributed by atoms with Crippen molar-refractivity contribution in [2.45, 2.75) is 32.1 Å².